The van der Waals surface area contributed by atoms with Crippen LogP contribution in [-0.4, -0.2) is 66.6 Å². The Hall–Kier alpha value is -3.69. The number of halogens is 1. The quantitative estimate of drug-likeness (QED) is 0.379. The number of aromatic nitrogens is 2. The second-order valence-corrected chi connectivity index (χ2v) is 9.01. The molecule has 4 N–H and O–H groups in total. The highest BCUT2D eigenvalue weighted by Crippen LogP contribution is 2.28. The summed E-state index contributed by atoms with van der Waals surface area (Å²) in [4.78, 5) is 27.8. The molecule has 11 nitrogen and oxygen atoms in total. The van der Waals surface area contributed by atoms with Gasteiger partial charge in [-0.3, -0.25) is 0 Å². The van der Waals surface area contributed by atoms with E-state index in [1.807, 2.05) is 13.0 Å². The molecule has 3 rings (SSSR count). The Morgan fingerprint density at radius 1 is 1.30 bits per heavy atom. The molecule has 0 aliphatic carbocycles. The molecule has 12 heteroatoms. The molecule has 200 valence electrons. The standard InChI is InChI=1S/C25H35FN8O3/c1-4-33(15-18-5-9-34(10-6-18)37-25(35)36-17(2)3)24-13-23(30-16-31-24)32-22-12-21(29-8-7-27)19(14-28)11-20(22)26/h11-13,16-18,29H,4-10,15,27H2,1-3H3,(H,30,31,32). The lowest BCUT2D eigenvalue weighted by Crippen LogP contribution is -2.40. The molecule has 1 aromatic heterocycles. The van der Waals surface area contributed by atoms with Gasteiger partial charge in [0.1, 0.15) is 29.8 Å². The maximum Gasteiger partial charge on any atom is 0.528 e. The molecule has 1 aromatic carbocycles. The molecule has 0 atom stereocenters. The maximum absolute atomic E-state index is 14.7. The number of hydroxylamine groups is 2. The number of ether oxygens (including phenoxy) is 1. The zero-order valence-electron chi connectivity index (χ0n) is 21.5. The lowest BCUT2D eigenvalue weighted by Gasteiger charge is -2.33. The van der Waals surface area contributed by atoms with Gasteiger partial charge in [0.2, 0.25) is 0 Å². The van der Waals surface area contributed by atoms with E-state index in [2.05, 4.69) is 25.5 Å². The van der Waals surface area contributed by atoms with Crippen LogP contribution in [0, 0.1) is 23.1 Å². The van der Waals surface area contributed by atoms with Crippen molar-refractivity contribution in [1.29, 1.82) is 5.26 Å². The molecule has 0 saturated carbocycles. The number of anilines is 4. The normalized spacial score (nSPS) is 14.2. The molecule has 0 bridgehead atoms. The highest BCUT2D eigenvalue weighted by molar-refractivity contribution is 5.69. The lowest BCUT2D eigenvalue weighted by molar-refractivity contribution is -0.146. The molecule has 2 aromatic rings. The number of nitrogens with zero attached hydrogens (tertiary/aromatic N) is 5. The largest absolute Gasteiger partial charge is 0.528 e. The number of piperidine rings is 1. The van der Waals surface area contributed by atoms with Gasteiger partial charge in [-0.05, 0) is 51.7 Å². The van der Waals surface area contributed by atoms with Crippen molar-refractivity contribution in [3.8, 4) is 6.07 Å². The molecule has 0 spiro atoms. The number of carbonyl (C=O) groups is 1. The third kappa shape index (κ3) is 8.16. The molecule has 1 fully saturated rings. The van der Waals surface area contributed by atoms with Crippen LogP contribution >= 0.6 is 0 Å². The first-order chi connectivity index (χ1) is 17.8. The summed E-state index contributed by atoms with van der Waals surface area (Å²) in [5.74, 6) is 0.978. The minimum Gasteiger partial charge on any atom is -0.430 e. The Kier molecular flexibility index (Phi) is 10.2. The highest BCUT2D eigenvalue weighted by atomic mass is 19.1. The summed E-state index contributed by atoms with van der Waals surface area (Å²) in [6.45, 7) is 9.20. The second-order valence-electron chi connectivity index (χ2n) is 9.01. The van der Waals surface area contributed by atoms with Crippen molar-refractivity contribution >= 4 is 29.2 Å². The predicted octanol–water partition coefficient (Wildman–Crippen LogP) is 3.62. The van der Waals surface area contributed by atoms with E-state index in [1.54, 1.807) is 25.0 Å². The monoisotopic (exact) mass is 514 g/mol. The van der Waals surface area contributed by atoms with Crippen LogP contribution in [0.3, 0.4) is 0 Å². The fourth-order valence-electron chi connectivity index (χ4n) is 4.04. The van der Waals surface area contributed by atoms with E-state index < -0.39 is 12.0 Å². The van der Waals surface area contributed by atoms with Gasteiger partial charge in [0.25, 0.3) is 0 Å². The molecule has 0 amide bonds. The van der Waals surface area contributed by atoms with Crippen LogP contribution in [0.1, 0.15) is 39.2 Å². The minimum atomic E-state index is -0.675. The van der Waals surface area contributed by atoms with Gasteiger partial charge in [-0.1, -0.05) is 0 Å². The van der Waals surface area contributed by atoms with E-state index in [-0.39, 0.29) is 17.4 Å². The Bertz CT molecular complexity index is 1090. The maximum atomic E-state index is 14.7. The average molecular weight is 515 g/mol. The summed E-state index contributed by atoms with van der Waals surface area (Å²) >= 11 is 0. The smallest absolute Gasteiger partial charge is 0.430 e. The molecule has 0 radical (unpaired) electrons. The van der Waals surface area contributed by atoms with Gasteiger partial charge < -0.3 is 30.8 Å². The van der Waals surface area contributed by atoms with Crippen molar-refractivity contribution in [2.75, 3.05) is 54.8 Å². The Morgan fingerprint density at radius 2 is 2.05 bits per heavy atom. The van der Waals surface area contributed by atoms with E-state index in [0.29, 0.717) is 43.6 Å². The van der Waals surface area contributed by atoms with Gasteiger partial charge in [-0.15, -0.1) is 5.06 Å². The van der Waals surface area contributed by atoms with Gasteiger partial charge in [0.15, 0.2) is 0 Å². The van der Waals surface area contributed by atoms with Crippen molar-refractivity contribution < 1.29 is 18.8 Å². The zero-order chi connectivity index (χ0) is 26.8. The van der Waals surface area contributed by atoms with Gasteiger partial charge in [-0.2, -0.15) is 5.26 Å². The van der Waals surface area contributed by atoms with Crippen LogP contribution in [0.15, 0.2) is 24.5 Å². The van der Waals surface area contributed by atoms with Crippen molar-refractivity contribution in [3.05, 3.63) is 35.9 Å². The molecule has 2 heterocycles. The van der Waals surface area contributed by atoms with Gasteiger partial charge >= 0.3 is 6.16 Å². The summed E-state index contributed by atoms with van der Waals surface area (Å²) in [5.41, 5.74) is 6.43. The van der Waals surface area contributed by atoms with E-state index >= 15 is 0 Å². The van der Waals surface area contributed by atoms with Gasteiger partial charge in [0.05, 0.1) is 23.0 Å². The summed E-state index contributed by atoms with van der Waals surface area (Å²) in [6.07, 6.45) is 2.25. The molecular formula is C25H35FN8O3. The van der Waals surface area contributed by atoms with Crippen LogP contribution in [0.4, 0.5) is 32.2 Å². The number of hydrogen-bond acceptors (Lipinski definition) is 11. The molecule has 1 saturated heterocycles. The molecular weight excluding hydrogens is 479 g/mol. The SMILES string of the molecule is CCN(CC1CCN(OC(=O)OC(C)C)CC1)c1cc(Nc2cc(NCCN)c(C#N)cc2F)ncn1. The highest BCUT2D eigenvalue weighted by Gasteiger charge is 2.25. The topological polar surface area (TPSA) is 142 Å². The van der Waals surface area contributed by atoms with Crippen LogP contribution < -0.4 is 21.3 Å². The van der Waals surface area contributed by atoms with Crippen LogP contribution in [0.2, 0.25) is 0 Å². The number of nitrogens with two attached hydrogens (primary N) is 1. The first kappa shape index (κ1) is 27.9. The fourth-order valence-corrected chi connectivity index (χ4v) is 4.04. The Labute approximate surface area is 216 Å². The summed E-state index contributed by atoms with van der Waals surface area (Å²) in [7, 11) is 0. The van der Waals surface area contributed by atoms with Crippen molar-refractivity contribution in [2.45, 2.75) is 39.7 Å². The first-order valence-electron chi connectivity index (χ1n) is 12.5. The van der Waals surface area contributed by atoms with Gasteiger partial charge in [0, 0.05) is 45.3 Å². The lowest BCUT2D eigenvalue weighted by atomic mass is 9.97. The fraction of sp³-hybridized carbons (Fsp3) is 0.520. The molecule has 1 aliphatic heterocycles. The predicted molar refractivity (Wildman–Crippen MR) is 139 cm³/mol. The van der Waals surface area contributed by atoms with Crippen molar-refractivity contribution in [2.24, 2.45) is 11.7 Å². The summed E-state index contributed by atoms with van der Waals surface area (Å²) in [6, 6.07) is 6.48. The third-order valence-electron chi connectivity index (χ3n) is 5.90. The van der Waals surface area contributed by atoms with E-state index in [9.17, 15) is 14.4 Å². The van der Waals surface area contributed by atoms with E-state index in [4.69, 9.17) is 15.3 Å². The van der Waals surface area contributed by atoms with Gasteiger partial charge in [-0.25, -0.2) is 19.2 Å². The molecule has 0 unspecified atom stereocenters. The third-order valence-corrected chi connectivity index (χ3v) is 5.90. The summed E-state index contributed by atoms with van der Waals surface area (Å²) in [5, 5.41) is 17.0. The number of carbonyl (C=O) groups excluding carboxylic acids is 1. The number of nitriles is 1. The minimum absolute atomic E-state index is 0.189. The van der Waals surface area contributed by atoms with E-state index in [0.717, 1.165) is 31.7 Å². The Morgan fingerprint density at radius 3 is 2.70 bits per heavy atom. The number of rotatable bonds is 11. The Balaban J connectivity index is 1.63. The first-order valence-corrected chi connectivity index (χ1v) is 12.5. The molecule has 1 aliphatic rings. The van der Waals surface area contributed by atoms with Crippen LogP contribution in [0.5, 0.6) is 0 Å². The number of nitrogens with one attached hydrogen (secondary N) is 2. The van der Waals surface area contributed by atoms with Crippen molar-refractivity contribution in [1.82, 2.24) is 15.0 Å². The second kappa shape index (κ2) is 13.6. The van der Waals surface area contributed by atoms with E-state index in [1.165, 1.54) is 18.5 Å². The van der Waals surface area contributed by atoms with Crippen LogP contribution in [-0.2, 0) is 9.57 Å². The summed E-state index contributed by atoms with van der Waals surface area (Å²) < 4.78 is 19.7. The van der Waals surface area contributed by atoms with Crippen LogP contribution in [0.25, 0.3) is 0 Å². The average Bonchev–Trinajstić information content (AvgIpc) is 2.88. The van der Waals surface area contributed by atoms with Crippen molar-refractivity contribution in [3.63, 3.8) is 0 Å². The number of benzene rings is 1. The number of hydrogen-bond donors (Lipinski definition) is 3. The zero-order valence-corrected chi connectivity index (χ0v) is 21.5. The molecule has 37 heavy (non-hydrogen) atoms.